The van der Waals surface area contributed by atoms with E-state index in [2.05, 4.69) is 39.3 Å². The van der Waals surface area contributed by atoms with Gasteiger partial charge < -0.3 is 25.0 Å². The van der Waals surface area contributed by atoms with E-state index in [1.165, 1.54) is 12.8 Å². The van der Waals surface area contributed by atoms with Crippen LogP contribution < -0.4 is 15.1 Å². The average Bonchev–Trinajstić information content (AvgIpc) is 3.48. The minimum absolute atomic E-state index is 0.0850. The molecule has 3 N–H and O–H groups in total. The number of rotatable bonds is 6. The topological polar surface area (TPSA) is 132 Å². The summed E-state index contributed by atoms with van der Waals surface area (Å²) in [6.07, 6.45) is 2.84. The number of nitrogens with one attached hydrogen (secondary N) is 2. The fourth-order valence-corrected chi connectivity index (χ4v) is 5.01. The molecule has 1 saturated carbocycles. The zero-order valence-corrected chi connectivity index (χ0v) is 19.6. The number of hydrogen-bond acceptors (Lipinski definition) is 9. The molecule has 2 atom stereocenters. The average molecular weight is 457 g/mol. The van der Waals surface area contributed by atoms with Gasteiger partial charge in [0.2, 0.25) is 17.8 Å². The molecule has 2 aromatic heterocycles. The molecule has 2 saturated heterocycles. The molecule has 0 aromatic carbocycles. The van der Waals surface area contributed by atoms with E-state index in [9.17, 15) is 9.90 Å². The number of hydrogen-bond donors (Lipinski definition) is 3. The fraction of sp³-hybridized carbons (Fsp3) is 0.682. The predicted molar refractivity (Wildman–Crippen MR) is 123 cm³/mol. The Balaban J connectivity index is 1.54. The maximum atomic E-state index is 12.4. The third kappa shape index (κ3) is 3.98. The lowest BCUT2D eigenvalue weighted by atomic mass is 9.81. The van der Waals surface area contributed by atoms with Gasteiger partial charge in [0.15, 0.2) is 5.82 Å². The van der Waals surface area contributed by atoms with Gasteiger partial charge in [0.05, 0.1) is 13.2 Å². The lowest BCUT2D eigenvalue weighted by molar-refractivity contribution is -0.142. The van der Waals surface area contributed by atoms with Gasteiger partial charge >= 0.3 is 5.97 Å². The number of aromatic nitrogens is 5. The molecule has 33 heavy (non-hydrogen) atoms. The van der Waals surface area contributed by atoms with Crippen LogP contribution in [-0.2, 0) is 9.53 Å². The monoisotopic (exact) mass is 456 g/mol. The highest BCUT2D eigenvalue weighted by Crippen LogP contribution is 2.48. The number of carboxylic acids is 1. The molecule has 5 rings (SSSR count). The van der Waals surface area contributed by atoms with Gasteiger partial charge in [-0.1, -0.05) is 13.8 Å². The van der Waals surface area contributed by atoms with Crippen molar-refractivity contribution in [1.29, 1.82) is 0 Å². The minimum Gasteiger partial charge on any atom is -0.480 e. The van der Waals surface area contributed by atoms with Crippen LogP contribution in [-0.4, -0.2) is 74.1 Å². The van der Waals surface area contributed by atoms with Gasteiger partial charge in [-0.2, -0.15) is 20.1 Å². The van der Waals surface area contributed by atoms with E-state index in [0.29, 0.717) is 62.3 Å². The zero-order valence-electron chi connectivity index (χ0n) is 19.6. The van der Waals surface area contributed by atoms with E-state index in [4.69, 9.17) is 9.72 Å². The molecule has 1 aliphatic carbocycles. The Morgan fingerprint density at radius 1 is 1.18 bits per heavy atom. The lowest BCUT2D eigenvalue weighted by Gasteiger charge is -2.36. The Morgan fingerprint density at radius 3 is 2.55 bits per heavy atom. The summed E-state index contributed by atoms with van der Waals surface area (Å²) in [6, 6.07) is 1.90. The SMILES string of the molecule is CC1N(c2nc(Nc3cc(C4CC4)[nH]n3)nc(N3CCOCC3)n2)C(C)(C(=O)O)CC1(C)C. The number of carbonyl (C=O) groups is 1. The Kier molecular flexibility index (Phi) is 5.19. The zero-order chi connectivity index (χ0) is 23.4. The van der Waals surface area contributed by atoms with Gasteiger partial charge in [-0.15, -0.1) is 0 Å². The largest absolute Gasteiger partial charge is 0.480 e. The minimum atomic E-state index is -1.13. The third-order valence-electron chi connectivity index (χ3n) is 7.29. The molecule has 4 heterocycles. The maximum absolute atomic E-state index is 12.4. The Hall–Kier alpha value is -2.95. The van der Waals surface area contributed by atoms with E-state index < -0.39 is 11.5 Å². The van der Waals surface area contributed by atoms with Crippen LogP contribution in [0, 0.1) is 5.41 Å². The van der Waals surface area contributed by atoms with Gasteiger partial charge in [-0.3, -0.25) is 5.10 Å². The number of carboxylic acid groups (broad SMARTS) is 1. The Morgan fingerprint density at radius 2 is 1.88 bits per heavy atom. The second-order valence-electron chi connectivity index (χ2n) is 10.3. The second-order valence-corrected chi connectivity index (χ2v) is 10.3. The summed E-state index contributed by atoms with van der Waals surface area (Å²) in [4.78, 5) is 30.4. The van der Waals surface area contributed by atoms with Crippen LogP contribution in [0.5, 0.6) is 0 Å². The molecular formula is C22H32N8O3. The van der Waals surface area contributed by atoms with Gasteiger partial charge in [0.1, 0.15) is 5.54 Å². The van der Waals surface area contributed by atoms with Crippen molar-refractivity contribution in [2.45, 2.75) is 64.5 Å². The number of ether oxygens (including phenoxy) is 1. The Labute approximate surface area is 193 Å². The first kappa shape index (κ1) is 21.9. The van der Waals surface area contributed by atoms with Crippen molar-refractivity contribution >= 4 is 29.6 Å². The molecule has 0 bridgehead atoms. The molecule has 178 valence electrons. The standard InChI is InChI=1S/C22H32N8O3/c1-13-21(2,3)12-22(4,17(31)32)30(13)20-25-18(23-16-11-15(27-28-16)14-5-6-14)24-19(26-20)29-7-9-33-10-8-29/h11,13-14H,5-10,12H2,1-4H3,(H,31,32)(H2,23,24,25,26,27,28). The van der Waals surface area contributed by atoms with Crippen LogP contribution in [0.2, 0.25) is 0 Å². The van der Waals surface area contributed by atoms with E-state index in [1.807, 2.05) is 22.8 Å². The highest BCUT2D eigenvalue weighted by Gasteiger charge is 2.56. The quantitative estimate of drug-likeness (QED) is 0.595. The summed E-state index contributed by atoms with van der Waals surface area (Å²) in [5.74, 6) is 1.51. The van der Waals surface area contributed by atoms with E-state index in [0.717, 1.165) is 5.69 Å². The molecule has 0 amide bonds. The number of morpholine rings is 1. The van der Waals surface area contributed by atoms with Crippen molar-refractivity contribution in [2.75, 3.05) is 41.4 Å². The normalized spacial score (nSPS) is 27.1. The number of aromatic amines is 1. The lowest BCUT2D eigenvalue weighted by Crippen LogP contribution is -2.51. The van der Waals surface area contributed by atoms with Crippen LogP contribution in [0.1, 0.15) is 58.6 Å². The summed E-state index contributed by atoms with van der Waals surface area (Å²) in [7, 11) is 0. The van der Waals surface area contributed by atoms with Crippen molar-refractivity contribution in [3.8, 4) is 0 Å². The molecular weight excluding hydrogens is 424 g/mol. The van der Waals surface area contributed by atoms with Crippen LogP contribution in [0.25, 0.3) is 0 Å². The summed E-state index contributed by atoms with van der Waals surface area (Å²) in [6.45, 7) is 10.5. The number of aliphatic carboxylic acids is 1. The molecule has 0 radical (unpaired) electrons. The van der Waals surface area contributed by atoms with Crippen molar-refractivity contribution in [3.63, 3.8) is 0 Å². The Bertz CT molecular complexity index is 1050. The molecule has 0 spiro atoms. The summed E-state index contributed by atoms with van der Waals surface area (Å²) < 4.78 is 5.49. The second kappa shape index (κ2) is 7.82. The molecule has 2 unspecified atom stereocenters. The van der Waals surface area contributed by atoms with Gasteiger partial charge in [-0.05, 0) is 38.5 Å². The number of anilines is 4. The van der Waals surface area contributed by atoms with Crippen LogP contribution >= 0.6 is 0 Å². The molecule has 3 aliphatic rings. The third-order valence-corrected chi connectivity index (χ3v) is 7.29. The summed E-state index contributed by atoms with van der Waals surface area (Å²) in [5, 5.41) is 20.8. The van der Waals surface area contributed by atoms with Gasteiger partial charge in [0, 0.05) is 36.8 Å². The van der Waals surface area contributed by atoms with Crippen LogP contribution in [0.3, 0.4) is 0 Å². The van der Waals surface area contributed by atoms with Gasteiger partial charge in [-0.25, -0.2) is 4.79 Å². The number of nitrogens with zero attached hydrogens (tertiary/aromatic N) is 6. The van der Waals surface area contributed by atoms with E-state index >= 15 is 0 Å². The fourth-order valence-electron chi connectivity index (χ4n) is 5.01. The van der Waals surface area contributed by atoms with Crippen molar-refractivity contribution in [2.24, 2.45) is 5.41 Å². The molecule has 11 heteroatoms. The molecule has 2 aliphatic heterocycles. The number of H-pyrrole nitrogens is 1. The van der Waals surface area contributed by atoms with Crippen molar-refractivity contribution in [1.82, 2.24) is 25.1 Å². The highest BCUT2D eigenvalue weighted by molar-refractivity contribution is 5.84. The predicted octanol–water partition coefficient (Wildman–Crippen LogP) is 2.52. The van der Waals surface area contributed by atoms with Crippen molar-refractivity contribution in [3.05, 3.63) is 11.8 Å². The summed E-state index contributed by atoms with van der Waals surface area (Å²) >= 11 is 0. The van der Waals surface area contributed by atoms with E-state index in [1.54, 1.807) is 6.92 Å². The first-order valence-electron chi connectivity index (χ1n) is 11.6. The maximum Gasteiger partial charge on any atom is 0.329 e. The molecule has 11 nitrogen and oxygen atoms in total. The van der Waals surface area contributed by atoms with E-state index in [-0.39, 0.29) is 11.5 Å². The highest BCUT2D eigenvalue weighted by atomic mass is 16.5. The first-order chi connectivity index (χ1) is 15.7. The van der Waals surface area contributed by atoms with Crippen molar-refractivity contribution < 1.29 is 14.6 Å². The van der Waals surface area contributed by atoms with Crippen LogP contribution in [0.4, 0.5) is 23.7 Å². The first-order valence-corrected chi connectivity index (χ1v) is 11.6. The van der Waals surface area contributed by atoms with Gasteiger partial charge in [0.25, 0.3) is 0 Å². The summed E-state index contributed by atoms with van der Waals surface area (Å²) in [5.41, 5.74) is -0.253. The molecule has 2 aromatic rings. The smallest absolute Gasteiger partial charge is 0.329 e. The van der Waals surface area contributed by atoms with Crippen LogP contribution in [0.15, 0.2) is 6.07 Å². The molecule has 3 fully saturated rings.